The second-order valence-electron chi connectivity index (χ2n) is 3.88. The third-order valence-electron chi connectivity index (χ3n) is 2.19. The molecule has 0 aliphatic rings. The van der Waals surface area contributed by atoms with Crippen LogP contribution in [0.15, 0.2) is 0 Å². The molecule has 2 atom stereocenters. The normalized spacial score (nSPS) is 13.7. The van der Waals surface area contributed by atoms with E-state index in [1.54, 1.807) is 9.83 Å². The van der Waals surface area contributed by atoms with E-state index in [-0.39, 0.29) is 29.6 Å². The van der Waals surface area contributed by atoms with Gasteiger partial charge in [-0.3, -0.25) is 0 Å². The van der Waals surface area contributed by atoms with Crippen molar-refractivity contribution < 1.29 is 47.1 Å². The monoisotopic (exact) mass is 389 g/mol. The number of hydrogen-bond acceptors (Lipinski definition) is 5. The maximum Gasteiger partial charge on any atom is 1.00 e. The van der Waals surface area contributed by atoms with Gasteiger partial charge in [-0.1, -0.05) is 34.4 Å². The minimum atomic E-state index is -1.63. The fourth-order valence-electron chi connectivity index (χ4n) is 1.23. The van der Waals surface area contributed by atoms with Crippen molar-refractivity contribution >= 4 is 53.6 Å². The molecule has 0 heterocycles. The molecule has 0 fully saturated rings. The van der Waals surface area contributed by atoms with Crippen LogP contribution in [0.3, 0.4) is 0 Å². The molecule has 2 unspecified atom stereocenters. The van der Waals surface area contributed by atoms with Gasteiger partial charge in [0.2, 0.25) is 0 Å². The molecule has 0 rings (SSSR count). The van der Waals surface area contributed by atoms with Gasteiger partial charge in [-0.05, 0) is 35.5 Å². The summed E-state index contributed by atoms with van der Waals surface area (Å²) >= 11 is -3.27. The third-order valence-corrected chi connectivity index (χ3v) is 7.88. The van der Waals surface area contributed by atoms with Crippen LogP contribution in [0.2, 0.25) is 0 Å². The topological polar surface area (TPSA) is 74.6 Å². The second kappa shape index (κ2) is 19.3. The maximum absolute atomic E-state index is 10.4. The SMILES string of the molecule is O=S(O)CCCCCSSSCCCCCS(=O)O.[Na+]. The summed E-state index contributed by atoms with van der Waals surface area (Å²) in [5, 5.41) is 0. The van der Waals surface area contributed by atoms with Gasteiger partial charge >= 0.3 is 29.6 Å². The Morgan fingerprint density at radius 2 is 1.10 bits per heavy atom. The van der Waals surface area contributed by atoms with Crippen LogP contribution in [0.4, 0.5) is 0 Å². The quantitative estimate of drug-likeness (QED) is 0.197. The van der Waals surface area contributed by atoms with Crippen LogP contribution >= 0.6 is 31.4 Å². The smallest absolute Gasteiger partial charge is 0.306 e. The van der Waals surface area contributed by atoms with E-state index in [1.807, 2.05) is 21.6 Å². The average molecular weight is 390 g/mol. The Labute approximate surface area is 160 Å². The van der Waals surface area contributed by atoms with E-state index in [1.165, 1.54) is 0 Å². The summed E-state index contributed by atoms with van der Waals surface area (Å²) in [5.74, 6) is 2.95. The Bertz CT molecular complexity index is 234. The minimum absolute atomic E-state index is 0. The van der Waals surface area contributed by atoms with Gasteiger partial charge in [-0.25, -0.2) is 8.42 Å². The van der Waals surface area contributed by atoms with Gasteiger partial charge in [-0.2, -0.15) is 0 Å². The van der Waals surface area contributed by atoms with E-state index >= 15 is 0 Å². The van der Waals surface area contributed by atoms with Crippen LogP contribution in [-0.4, -0.2) is 40.5 Å². The van der Waals surface area contributed by atoms with Crippen molar-refractivity contribution in [3.05, 3.63) is 0 Å². The summed E-state index contributed by atoms with van der Waals surface area (Å²) in [6.45, 7) is 0. The summed E-state index contributed by atoms with van der Waals surface area (Å²) in [6.07, 6.45) is 5.88. The van der Waals surface area contributed by atoms with Gasteiger partial charge in [0.15, 0.2) is 22.2 Å². The van der Waals surface area contributed by atoms with Gasteiger partial charge in [0.25, 0.3) is 0 Å². The predicted octanol–water partition coefficient (Wildman–Crippen LogP) is 0.804. The van der Waals surface area contributed by atoms with E-state index in [9.17, 15) is 8.42 Å². The Hall–Kier alpha value is 2.27. The summed E-state index contributed by atoms with van der Waals surface area (Å²) < 4.78 is 37.9. The minimum Gasteiger partial charge on any atom is -0.306 e. The molecular formula is C10H22NaO4S5+. The molecule has 0 aliphatic carbocycles. The first-order valence-corrected chi connectivity index (χ1v) is 12.6. The van der Waals surface area contributed by atoms with Gasteiger partial charge in [-0.15, -0.1) is 0 Å². The maximum atomic E-state index is 10.4. The molecule has 116 valence electrons. The number of rotatable bonds is 14. The second-order valence-corrected chi connectivity index (χ2v) is 10.5. The zero-order valence-corrected chi connectivity index (χ0v) is 17.9. The standard InChI is InChI=1S/C10H22O4S5.Na/c11-18(12)9-5-1-3-7-15-17-16-8-4-2-6-10-19(13)14;/h1-10H2,(H,11,12)(H,13,14);/q;+1. The van der Waals surface area contributed by atoms with Crippen LogP contribution in [0, 0.1) is 0 Å². The summed E-state index contributed by atoms with van der Waals surface area (Å²) in [4.78, 5) is 0. The zero-order chi connectivity index (χ0) is 14.3. The molecule has 0 aliphatic heterocycles. The third kappa shape index (κ3) is 22.5. The van der Waals surface area contributed by atoms with Crippen LogP contribution in [0.25, 0.3) is 0 Å². The molecule has 10 heteroatoms. The number of hydrogen-bond donors (Lipinski definition) is 2. The molecule has 0 bridgehead atoms. The molecule has 0 saturated heterocycles. The fourth-order valence-corrected chi connectivity index (χ4v) is 6.14. The van der Waals surface area contributed by atoms with Crippen molar-refractivity contribution in [1.29, 1.82) is 0 Å². The van der Waals surface area contributed by atoms with E-state index in [2.05, 4.69) is 0 Å². The van der Waals surface area contributed by atoms with Crippen molar-refractivity contribution in [3.63, 3.8) is 0 Å². The Morgan fingerprint density at radius 1 is 0.700 bits per heavy atom. The Kier molecular flexibility index (Phi) is 23.7. The Balaban J connectivity index is 0. The summed E-state index contributed by atoms with van der Waals surface area (Å²) in [5.41, 5.74) is 0. The molecule has 0 spiro atoms. The summed E-state index contributed by atoms with van der Waals surface area (Å²) in [7, 11) is 5.46. The van der Waals surface area contributed by atoms with Crippen molar-refractivity contribution in [1.82, 2.24) is 0 Å². The predicted molar refractivity (Wildman–Crippen MR) is 91.5 cm³/mol. The zero-order valence-electron chi connectivity index (χ0n) is 11.8. The largest absolute Gasteiger partial charge is 1.00 e. The molecule has 0 saturated carbocycles. The molecule has 0 aromatic rings. The van der Waals surface area contributed by atoms with Gasteiger partial charge < -0.3 is 9.11 Å². The molecule has 0 radical (unpaired) electrons. The van der Waals surface area contributed by atoms with Gasteiger partial charge in [0.1, 0.15) is 0 Å². The van der Waals surface area contributed by atoms with Crippen molar-refractivity contribution in [3.8, 4) is 0 Å². The van der Waals surface area contributed by atoms with Gasteiger partial charge in [0, 0.05) is 23.0 Å². The average Bonchev–Trinajstić information content (AvgIpc) is 2.34. The molecule has 0 aromatic heterocycles. The van der Waals surface area contributed by atoms with E-state index in [0.717, 1.165) is 50.0 Å². The molecular weight excluding hydrogens is 367 g/mol. The molecule has 0 aromatic carbocycles. The first-order chi connectivity index (χ1) is 9.13. The van der Waals surface area contributed by atoms with Crippen LogP contribution in [0.1, 0.15) is 38.5 Å². The summed E-state index contributed by atoms with van der Waals surface area (Å²) in [6, 6.07) is 0. The van der Waals surface area contributed by atoms with Crippen LogP contribution in [-0.2, 0) is 22.2 Å². The van der Waals surface area contributed by atoms with Gasteiger partial charge in [0.05, 0.1) is 0 Å². The first-order valence-electron chi connectivity index (χ1n) is 6.19. The van der Waals surface area contributed by atoms with Crippen LogP contribution in [0.5, 0.6) is 0 Å². The van der Waals surface area contributed by atoms with Crippen molar-refractivity contribution in [2.75, 3.05) is 23.0 Å². The fraction of sp³-hybridized carbons (Fsp3) is 1.00. The molecule has 20 heavy (non-hydrogen) atoms. The van der Waals surface area contributed by atoms with E-state index < -0.39 is 22.2 Å². The van der Waals surface area contributed by atoms with Crippen molar-refractivity contribution in [2.24, 2.45) is 0 Å². The Morgan fingerprint density at radius 3 is 1.45 bits per heavy atom. The van der Waals surface area contributed by atoms with Crippen LogP contribution < -0.4 is 29.6 Å². The first kappa shape index (κ1) is 24.5. The van der Waals surface area contributed by atoms with E-state index in [4.69, 9.17) is 9.11 Å². The molecule has 4 nitrogen and oxygen atoms in total. The molecule has 2 N–H and O–H groups in total. The number of unbranched alkanes of at least 4 members (excludes halogenated alkanes) is 4. The van der Waals surface area contributed by atoms with Crippen molar-refractivity contribution in [2.45, 2.75) is 38.5 Å². The molecule has 0 amide bonds. The van der Waals surface area contributed by atoms with E-state index in [0.29, 0.717) is 11.5 Å².